The fraction of sp³-hybridized carbons (Fsp3) is 0.269. The molecule has 7 nitrogen and oxygen atoms in total. The zero-order valence-corrected chi connectivity index (χ0v) is 18.4. The average molecular weight is 464 g/mol. The molecule has 1 heterocycles. The molecule has 0 bridgehead atoms. The minimum absolute atomic E-state index is 0.0261. The zero-order valence-electron chi connectivity index (χ0n) is 18.4. The van der Waals surface area contributed by atoms with Crippen LogP contribution in [0.5, 0.6) is 5.75 Å². The molecular formula is C26H25FN2O5. The molecule has 3 N–H and O–H groups in total. The van der Waals surface area contributed by atoms with Gasteiger partial charge >= 0.3 is 0 Å². The van der Waals surface area contributed by atoms with Crippen LogP contribution in [0.15, 0.2) is 60.8 Å². The summed E-state index contributed by atoms with van der Waals surface area (Å²) in [6, 6.07) is 15.6. The number of hydrogen-bond donors (Lipinski definition) is 3. The normalized spacial score (nSPS) is 16.8. The summed E-state index contributed by atoms with van der Waals surface area (Å²) in [7, 11) is 0. The van der Waals surface area contributed by atoms with E-state index >= 15 is 0 Å². The Labute approximate surface area is 196 Å². The Morgan fingerprint density at radius 1 is 1.03 bits per heavy atom. The van der Waals surface area contributed by atoms with E-state index in [1.165, 1.54) is 18.3 Å². The van der Waals surface area contributed by atoms with E-state index in [2.05, 4.69) is 4.98 Å². The number of carbonyl (C=O) groups excluding carboxylic acids is 2. The van der Waals surface area contributed by atoms with Crippen molar-refractivity contribution in [2.75, 3.05) is 6.61 Å². The number of pyridine rings is 1. The molecule has 34 heavy (non-hydrogen) atoms. The minimum Gasteiger partial charge on any atom is -0.505 e. The Balaban J connectivity index is 1.62. The maximum Gasteiger partial charge on any atom is 0.226 e. The van der Waals surface area contributed by atoms with Crippen molar-refractivity contribution in [1.29, 1.82) is 0 Å². The summed E-state index contributed by atoms with van der Waals surface area (Å²) in [5.41, 5.74) is 1.92. The quantitative estimate of drug-likeness (QED) is 0.420. The number of aliphatic hydroxyl groups excluding tert-OH is 2. The molecule has 0 radical (unpaired) electrons. The summed E-state index contributed by atoms with van der Waals surface area (Å²) in [5, 5.41) is 29.4. The molecule has 1 aliphatic rings. The highest BCUT2D eigenvalue weighted by Crippen LogP contribution is 2.48. The van der Waals surface area contributed by atoms with Gasteiger partial charge in [-0.25, -0.2) is 9.37 Å². The molecule has 176 valence electrons. The fourth-order valence-corrected chi connectivity index (χ4v) is 4.17. The van der Waals surface area contributed by atoms with Gasteiger partial charge in [0, 0.05) is 30.8 Å². The van der Waals surface area contributed by atoms with Crippen LogP contribution in [0.1, 0.15) is 45.1 Å². The summed E-state index contributed by atoms with van der Waals surface area (Å²) >= 11 is 0. The lowest BCUT2D eigenvalue weighted by atomic mass is 10.0. The second-order valence-electron chi connectivity index (χ2n) is 8.38. The third-order valence-electron chi connectivity index (χ3n) is 6.11. The van der Waals surface area contributed by atoms with Crippen LogP contribution in [0.25, 0.3) is 0 Å². The first-order chi connectivity index (χ1) is 16.4. The monoisotopic (exact) mass is 464 g/mol. The van der Waals surface area contributed by atoms with Crippen LogP contribution in [0.3, 0.4) is 0 Å². The van der Waals surface area contributed by atoms with Crippen LogP contribution >= 0.6 is 0 Å². The number of benzene rings is 2. The van der Waals surface area contributed by atoms with E-state index in [9.17, 15) is 24.2 Å². The SMILES string of the molecule is O=C(CO)c1ncc(CN(Cc2ccc(F)cc2)C(=O)C2CC2c2ccccc2)c(CO)c1O. The number of rotatable bonds is 9. The highest BCUT2D eigenvalue weighted by Gasteiger charge is 2.45. The third kappa shape index (κ3) is 4.98. The van der Waals surface area contributed by atoms with Crippen LogP contribution < -0.4 is 0 Å². The van der Waals surface area contributed by atoms with Gasteiger partial charge < -0.3 is 20.2 Å². The van der Waals surface area contributed by atoms with Crippen molar-refractivity contribution in [3.63, 3.8) is 0 Å². The van der Waals surface area contributed by atoms with E-state index in [1.807, 2.05) is 30.3 Å². The Morgan fingerprint density at radius 2 is 1.74 bits per heavy atom. The molecule has 3 aromatic rings. The summed E-state index contributed by atoms with van der Waals surface area (Å²) in [4.78, 5) is 30.9. The van der Waals surface area contributed by atoms with Gasteiger partial charge in [0.25, 0.3) is 0 Å². The predicted molar refractivity (Wildman–Crippen MR) is 121 cm³/mol. The molecular weight excluding hydrogens is 439 g/mol. The Kier molecular flexibility index (Phi) is 7.00. The summed E-state index contributed by atoms with van der Waals surface area (Å²) < 4.78 is 13.4. The second-order valence-corrected chi connectivity index (χ2v) is 8.38. The molecule has 2 unspecified atom stereocenters. The first kappa shape index (κ1) is 23.5. The van der Waals surface area contributed by atoms with E-state index < -0.39 is 24.7 Å². The van der Waals surface area contributed by atoms with Gasteiger partial charge in [0.1, 0.15) is 12.4 Å². The van der Waals surface area contributed by atoms with Crippen LogP contribution in [-0.4, -0.2) is 43.5 Å². The van der Waals surface area contributed by atoms with Gasteiger partial charge in [-0.15, -0.1) is 0 Å². The van der Waals surface area contributed by atoms with Gasteiger partial charge in [-0.1, -0.05) is 42.5 Å². The largest absolute Gasteiger partial charge is 0.505 e. The highest BCUT2D eigenvalue weighted by molar-refractivity contribution is 5.97. The molecule has 1 saturated carbocycles. The number of nitrogens with zero attached hydrogens (tertiary/aromatic N) is 2. The zero-order chi connectivity index (χ0) is 24.2. The van der Waals surface area contributed by atoms with Crippen LogP contribution in [0, 0.1) is 11.7 Å². The van der Waals surface area contributed by atoms with Crippen molar-refractivity contribution in [1.82, 2.24) is 9.88 Å². The van der Waals surface area contributed by atoms with Crippen LogP contribution in [0.4, 0.5) is 4.39 Å². The molecule has 1 fully saturated rings. The number of aromatic hydroxyl groups is 1. The van der Waals surface area contributed by atoms with Crippen LogP contribution in [-0.2, 0) is 24.5 Å². The smallest absolute Gasteiger partial charge is 0.226 e. The number of hydrogen-bond acceptors (Lipinski definition) is 6. The van der Waals surface area contributed by atoms with Gasteiger partial charge in [-0.3, -0.25) is 9.59 Å². The summed E-state index contributed by atoms with van der Waals surface area (Å²) in [5.74, 6) is -1.87. The maximum atomic E-state index is 13.5. The number of amides is 1. The highest BCUT2D eigenvalue weighted by atomic mass is 19.1. The maximum absolute atomic E-state index is 13.5. The van der Waals surface area contributed by atoms with Crippen molar-refractivity contribution < 1.29 is 29.3 Å². The lowest BCUT2D eigenvalue weighted by molar-refractivity contribution is -0.134. The van der Waals surface area contributed by atoms with Crippen molar-refractivity contribution in [2.24, 2.45) is 5.92 Å². The van der Waals surface area contributed by atoms with Gasteiger partial charge in [0.2, 0.25) is 11.7 Å². The predicted octanol–water partition coefficient (Wildman–Crippen LogP) is 2.93. The number of aliphatic hydroxyl groups is 2. The number of halogens is 1. The van der Waals surface area contributed by atoms with E-state index in [0.717, 1.165) is 11.1 Å². The minimum atomic E-state index is -0.831. The van der Waals surface area contributed by atoms with E-state index in [4.69, 9.17) is 5.11 Å². The van der Waals surface area contributed by atoms with Crippen molar-refractivity contribution in [3.8, 4) is 5.75 Å². The van der Waals surface area contributed by atoms with Gasteiger partial charge in [0.15, 0.2) is 11.4 Å². The third-order valence-corrected chi connectivity index (χ3v) is 6.11. The lowest BCUT2D eigenvalue weighted by Gasteiger charge is -2.25. The molecule has 2 aromatic carbocycles. The van der Waals surface area contributed by atoms with Crippen molar-refractivity contribution in [3.05, 3.63) is 94.6 Å². The molecule has 1 aromatic heterocycles. The van der Waals surface area contributed by atoms with Gasteiger partial charge in [-0.05, 0) is 41.2 Å². The van der Waals surface area contributed by atoms with Crippen molar-refractivity contribution >= 4 is 11.7 Å². The average Bonchev–Trinajstić information content (AvgIpc) is 3.66. The Morgan fingerprint density at radius 3 is 2.38 bits per heavy atom. The molecule has 1 amide bonds. The van der Waals surface area contributed by atoms with Crippen molar-refractivity contribution in [2.45, 2.75) is 32.0 Å². The summed E-state index contributed by atoms with van der Waals surface area (Å²) in [6.45, 7) is -1.19. The molecule has 0 aliphatic heterocycles. The van der Waals surface area contributed by atoms with Gasteiger partial charge in [-0.2, -0.15) is 0 Å². The number of aromatic nitrogens is 1. The summed E-state index contributed by atoms with van der Waals surface area (Å²) in [6.07, 6.45) is 2.03. The lowest BCUT2D eigenvalue weighted by Crippen LogP contribution is -2.32. The number of carbonyl (C=O) groups is 2. The molecule has 0 saturated heterocycles. The topological polar surface area (TPSA) is 111 Å². The molecule has 4 rings (SSSR count). The Hall–Kier alpha value is -3.62. The van der Waals surface area contributed by atoms with E-state index in [0.29, 0.717) is 12.0 Å². The molecule has 1 aliphatic carbocycles. The van der Waals surface area contributed by atoms with Crippen LogP contribution in [0.2, 0.25) is 0 Å². The molecule has 8 heteroatoms. The number of Topliss-reactive ketones (excluding diaryl/α,β-unsaturated/α-hetero) is 1. The fourth-order valence-electron chi connectivity index (χ4n) is 4.17. The number of ketones is 1. The van der Waals surface area contributed by atoms with E-state index in [-0.39, 0.29) is 47.9 Å². The Bertz CT molecular complexity index is 1180. The first-order valence-electron chi connectivity index (χ1n) is 11.0. The second kappa shape index (κ2) is 10.1. The molecule has 2 atom stereocenters. The standard InChI is InChI=1S/C26H25FN2O5/c27-19-8-6-16(7-9-19)12-29(26(34)21-10-20(21)17-4-2-1-3-5-17)13-18-11-28-24(23(32)15-31)25(33)22(18)14-30/h1-9,11,20-21,30-31,33H,10,12-15H2. The van der Waals surface area contributed by atoms with Gasteiger partial charge in [0.05, 0.1) is 6.61 Å². The first-order valence-corrected chi connectivity index (χ1v) is 11.0. The molecule has 0 spiro atoms. The van der Waals surface area contributed by atoms with E-state index in [1.54, 1.807) is 17.0 Å².